The minimum atomic E-state index is 0.0622. The molecule has 1 unspecified atom stereocenters. The second-order valence-corrected chi connectivity index (χ2v) is 9.31. The van der Waals surface area contributed by atoms with Gasteiger partial charge in [-0.25, -0.2) is 4.98 Å². The molecule has 0 bridgehead atoms. The molecule has 3 aromatic rings. The quantitative estimate of drug-likeness (QED) is 0.591. The minimum absolute atomic E-state index is 0.0622. The molecule has 1 saturated heterocycles. The first-order valence-corrected chi connectivity index (χ1v) is 11.5. The highest BCUT2D eigenvalue weighted by Gasteiger charge is 2.24. The van der Waals surface area contributed by atoms with Crippen LogP contribution in [0.25, 0.3) is 11.3 Å². The van der Waals surface area contributed by atoms with Crippen molar-refractivity contribution in [1.29, 1.82) is 0 Å². The number of aryl methyl sites for hydroxylation is 2. The lowest BCUT2D eigenvalue weighted by atomic mass is 10.1. The molecule has 1 atom stereocenters. The molecular weight excluding hydrogens is 390 g/mol. The van der Waals surface area contributed by atoms with Crippen LogP contribution in [-0.2, 0) is 11.2 Å². The monoisotopic (exact) mass is 419 g/mol. The van der Waals surface area contributed by atoms with Gasteiger partial charge in [0, 0.05) is 17.0 Å². The molecule has 4 nitrogen and oxygen atoms in total. The summed E-state index contributed by atoms with van der Waals surface area (Å²) in [4.78, 5) is 21.1. The van der Waals surface area contributed by atoms with Gasteiger partial charge in [-0.05, 0) is 45.3 Å². The van der Waals surface area contributed by atoms with E-state index in [-0.39, 0.29) is 11.9 Å². The number of amides is 1. The van der Waals surface area contributed by atoms with E-state index in [1.165, 1.54) is 24.0 Å². The summed E-state index contributed by atoms with van der Waals surface area (Å²) in [6, 6.07) is 19.1. The van der Waals surface area contributed by atoms with Gasteiger partial charge in [0.2, 0.25) is 5.91 Å². The van der Waals surface area contributed by atoms with E-state index >= 15 is 0 Å². The number of rotatable bonds is 7. The third-order valence-corrected chi connectivity index (χ3v) is 6.68. The van der Waals surface area contributed by atoms with E-state index in [1.54, 1.807) is 11.3 Å². The average Bonchev–Trinajstić information content (AvgIpc) is 3.40. The molecule has 156 valence electrons. The van der Waals surface area contributed by atoms with Crippen LogP contribution >= 0.6 is 11.3 Å². The van der Waals surface area contributed by atoms with Gasteiger partial charge < -0.3 is 5.32 Å². The van der Waals surface area contributed by atoms with Gasteiger partial charge in [-0.2, -0.15) is 0 Å². The lowest BCUT2D eigenvalue weighted by Crippen LogP contribution is -2.37. The SMILES string of the molecule is Cc1ccc(-c2nc(C)sc2CC(=O)NCC(c2ccccc2)N2CCCC2)cc1. The van der Waals surface area contributed by atoms with Crippen LogP contribution in [0, 0.1) is 13.8 Å². The zero-order valence-corrected chi connectivity index (χ0v) is 18.5. The Bertz CT molecular complexity index is 975. The van der Waals surface area contributed by atoms with Gasteiger partial charge in [-0.1, -0.05) is 60.2 Å². The number of likely N-dealkylation sites (tertiary alicyclic amines) is 1. The Morgan fingerprint density at radius 2 is 1.77 bits per heavy atom. The van der Waals surface area contributed by atoms with Crippen LogP contribution in [0.3, 0.4) is 0 Å². The van der Waals surface area contributed by atoms with Crippen LogP contribution in [-0.4, -0.2) is 35.4 Å². The zero-order chi connectivity index (χ0) is 20.9. The summed E-state index contributed by atoms with van der Waals surface area (Å²) in [6.07, 6.45) is 2.84. The van der Waals surface area contributed by atoms with Gasteiger partial charge in [-0.3, -0.25) is 9.69 Å². The number of aromatic nitrogens is 1. The number of hydrogen-bond donors (Lipinski definition) is 1. The largest absolute Gasteiger partial charge is 0.354 e. The molecule has 1 fully saturated rings. The Morgan fingerprint density at radius 3 is 2.47 bits per heavy atom. The van der Waals surface area contributed by atoms with Gasteiger partial charge in [0.1, 0.15) is 0 Å². The fraction of sp³-hybridized carbons (Fsp3) is 0.360. The number of nitrogens with one attached hydrogen (secondary N) is 1. The normalized spacial score (nSPS) is 15.3. The number of carbonyl (C=O) groups is 1. The van der Waals surface area contributed by atoms with Gasteiger partial charge in [0.05, 0.1) is 23.2 Å². The van der Waals surface area contributed by atoms with E-state index in [9.17, 15) is 4.79 Å². The van der Waals surface area contributed by atoms with Crippen LogP contribution in [0.4, 0.5) is 0 Å². The van der Waals surface area contributed by atoms with Gasteiger partial charge in [0.25, 0.3) is 0 Å². The van der Waals surface area contributed by atoms with E-state index in [4.69, 9.17) is 4.98 Å². The molecule has 2 heterocycles. The minimum Gasteiger partial charge on any atom is -0.354 e. The fourth-order valence-electron chi connectivity index (χ4n) is 4.13. The molecule has 1 aliphatic rings. The van der Waals surface area contributed by atoms with Gasteiger partial charge >= 0.3 is 0 Å². The molecule has 1 aromatic heterocycles. The first-order valence-electron chi connectivity index (χ1n) is 10.7. The molecule has 5 heteroatoms. The van der Waals surface area contributed by atoms with Gasteiger partial charge in [0.15, 0.2) is 0 Å². The molecule has 0 radical (unpaired) electrons. The lowest BCUT2D eigenvalue weighted by molar-refractivity contribution is -0.120. The maximum Gasteiger partial charge on any atom is 0.225 e. The number of hydrogen-bond acceptors (Lipinski definition) is 4. The highest BCUT2D eigenvalue weighted by atomic mass is 32.1. The van der Waals surface area contributed by atoms with Crippen molar-refractivity contribution in [3.63, 3.8) is 0 Å². The summed E-state index contributed by atoms with van der Waals surface area (Å²) in [5, 5.41) is 4.20. The first kappa shape index (κ1) is 20.8. The molecule has 0 aliphatic carbocycles. The molecule has 2 aromatic carbocycles. The molecule has 1 aliphatic heterocycles. The van der Waals surface area contributed by atoms with Crippen molar-refractivity contribution < 1.29 is 4.79 Å². The summed E-state index contributed by atoms with van der Waals surface area (Å²) >= 11 is 1.62. The van der Waals surface area contributed by atoms with Crippen molar-refractivity contribution in [2.45, 2.75) is 39.2 Å². The number of thiazole rings is 1. The number of carbonyl (C=O) groups excluding carboxylic acids is 1. The van der Waals surface area contributed by atoms with E-state index in [0.29, 0.717) is 13.0 Å². The second-order valence-electron chi connectivity index (χ2n) is 8.02. The summed E-state index contributed by atoms with van der Waals surface area (Å²) < 4.78 is 0. The van der Waals surface area contributed by atoms with Crippen molar-refractivity contribution in [2.24, 2.45) is 0 Å². The van der Waals surface area contributed by atoms with Crippen molar-refractivity contribution in [3.05, 3.63) is 75.6 Å². The molecule has 1 N–H and O–H groups in total. The van der Waals surface area contributed by atoms with E-state index < -0.39 is 0 Å². The third kappa shape index (κ3) is 4.97. The van der Waals surface area contributed by atoms with E-state index in [2.05, 4.69) is 65.7 Å². The highest BCUT2D eigenvalue weighted by molar-refractivity contribution is 7.12. The van der Waals surface area contributed by atoms with Crippen molar-refractivity contribution in [1.82, 2.24) is 15.2 Å². The maximum atomic E-state index is 12.9. The van der Waals surface area contributed by atoms with Crippen LogP contribution in [0.2, 0.25) is 0 Å². The Balaban J connectivity index is 1.45. The van der Waals surface area contributed by atoms with Crippen LogP contribution in [0.15, 0.2) is 54.6 Å². The van der Waals surface area contributed by atoms with Crippen molar-refractivity contribution >= 4 is 17.2 Å². The molecular formula is C25H29N3OS. The fourth-order valence-corrected chi connectivity index (χ4v) is 5.09. The summed E-state index contributed by atoms with van der Waals surface area (Å²) in [7, 11) is 0. The van der Waals surface area contributed by atoms with Crippen LogP contribution < -0.4 is 5.32 Å². The molecule has 1 amide bonds. The van der Waals surface area contributed by atoms with Crippen LogP contribution in [0.1, 0.15) is 39.9 Å². The number of benzene rings is 2. The summed E-state index contributed by atoms with van der Waals surface area (Å²) in [5.74, 6) is 0.0622. The predicted molar refractivity (Wildman–Crippen MR) is 124 cm³/mol. The summed E-state index contributed by atoms with van der Waals surface area (Å²) in [5.41, 5.74) is 4.51. The summed E-state index contributed by atoms with van der Waals surface area (Å²) in [6.45, 7) is 6.92. The lowest BCUT2D eigenvalue weighted by Gasteiger charge is -2.28. The van der Waals surface area contributed by atoms with E-state index in [0.717, 1.165) is 34.2 Å². The Kier molecular flexibility index (Phi) is 6.60. The molecule has 0 spiro atoms. The van der Waals surface area contributed by atoms with E-state index in [1.807, 2.05) is 13.0 Å². The smallest absolute Gasteiger partial charge is 0.225 e. The van der Waals surface area contributed by atoms with Gasteiger partial charge in [-0.15, -0.1) is 11.3 Å². The molecule has 4 rings (SSSR count). The average molecular weight is 420 g/mol. The standard InChI is InChI=1S/C25H29N3OS/c1-18-10-12-21(13-11-18)25-23(30-19(2)27-25)16-24(29)26-17-22(28-14-6-7-15-28)20-8-4-3-5-9-20/h3-5,8-13,22H,6-7,14-17H2,1-2H3,(H,26,29). The molecule has 0 saturated carbocycles. The third-order valence-electron chi connectivity index (χ3n) is 5.71. The topological polar surface area (TPSA) is 45.2 Å². The molecule has 30 heavy (non-hydrogen) atoms. The Labute approximate surface area is 183 Å². The first-order chi connectivity index (χ1) is 14.6. The number of nitrogens with zero attached hydrogens (tertiary/aromatic N) is 2. The maximum absolute atomic E-state index is 12.9. The second kappa shape index (κ2) is 9.54. The van der Waals surface area contributed by atoms with Crippen molar-refractivity contribution in [2.75, 3.05) is 19.6 Å². The Hall–Kier alpha value is -2.50. The van der Waals surface area contributed by atoms with Crippen LogP contribution in [0.5, 0.6) is 0 Å². The van der Waals surface area contributed by atoms with Crippen molar-refractivity contribution in [3.8, 4) is 11.3 Å². The predicted octanol–water partition coefficient (Wildman–Crippen LogP) is 4.92. The Morgan fingerprint density at radius 1 is 1.07 bits per heavy atom. The zero-order valence-electron chi connectivity index (χ0n) is 17.7. The highest BCUT2D eigenvalue weighted by Crippen LogP contribution is 2.29.